The third-order valence-electron chi connectivity index (χ3n) is 3.13. The molecule has 2 rings (SSSR count). The monoisotopic (exact) mass is 263 g/mol. The van der Waals surface area contributed by atoms with Crippen LogP contribution >= 0.6 is 11.3 Å². The summed E-state index contributed by atoms with van der Waals surface area (Å²) in [5, 5.41) is 2.70. The molecule has 0 unspecified atom stereocenters. The summed E-state index contributed by atoms with van der Waals surface area (Å²) in [4.78, 5) is 25.5. The van der Waals surface area contributed by atoms with Crippen LogP contribution in [0.25, 0.3) is 0 Å². The number of hydrogen-bond donors (Lipinski definition) is 1. The van der Waals surface area contributed by atoms with Crippen molar-refractivity contribution in [2.45, 2.75) is 39.5 Å². The highest BCUT2D eigenvalue weighted by Gasteiger charge is 2.24. The molecule has 0 fully saturated rings. The minimum absolute atomic E-state index is 0.140. The first kappa shape index (κ1) is 13.0. The number of allylic oxidation sites excluding steroid dienone is 2. The van der Waals surface area contributed by atoms with E-state index in [1.165, 1.54) is 10.4 Å². The Morgan fingerprint density at radius 1 is 1.44 bits per heavy atom. The number of hydrogen-bond acceptors (Lipinski definition) is 3. The predicted molar refractivity (Wildman–Crippen MR) is 73.0 cm³/mol. The third-order valence-corrected chi connectivity index (χ3v) is 4.34. The molecule has 18 heavy (non-hydrogen) atoms. The quantitative estimate of drug-likeness (QED) is 0.670. The van der Waals surface area contributed by atoms with E-state index in [2.05, 4.69) is 5.32 Å². The van der Waals surface area contributed by atoms with Crippen molar-refractivity contribution in [3.05, 3.63) is 32.7 Å². The van der Waals surface area contributed by atoms with Crippen LogP contribution in [0.4, 0.5) is 0 Å². The molecule has 1 aliphatic carbocycles. The molecule has 0 spiro atoms. The smallest absolute Gasteiger partial charge is 0.257 e. The Kier molecular flexibility index (Phi) is 3.97. The van der Waals surface area contributed by atoms with Gasteiger partial charge in [-0.1, -0.05) is 13.0 Å². The molecule has 0 aliphatic heterocycles. The topological polar surface area (TPSA) is 46.2 Å². The van der Waals surface area contributed by atoms with Crippen LogP contribution in [0.1, 0.15) is 45.4 Å². The number of thiophene rings is 1. The maximum Gasteiger partial charge on any atom is 0.257 e. The van der Waals surface area contributed by atoms with Crippen LogP contribution in [0.5, 0.6) is 0 Å². The molecule has 0 saturated heterocycles. The molecule has 0 bridgehead atoms. The highest BCUT2D eigenvalue weighted by molar-refractivity contribution is 7.12. The summed E-state index contributed by atoms with van der Waals surface area (Å²) in [6.45, 7) is 3.91. The van der Waals surface area contributed by atoms with Crippen LogP contribution in [0, 0.1) is 6.92 Å². The van der Waals surface area contributed by atoms with E-state index < -0.39 is 0 Å². The van der Waals surface area contributed by atoms with Gasteiger partial charge < -0.3 is 5.32 Å². The fourth-order valence-electron chi connectivity index (χ4n) is 2.38. The van der Waals surface area contributed by atoms with Crippen LogP contribution in [0.15, 0.2) is 11.8 Å². The van der Waals surface area contributed by atoms with Gasteiger partial charge in [0.15, 0.2) is 6.29 Å². The van der Waals surface area contributed by atoms with Gasteiger partial charge in [0, 0.05) is 9.75 Å². The molecule has 0 atom stereocenters. The minimum atomic E-state index is -0.140. The molecule has 1 aromatic heterocycles. The Balaban J connectivity index is 2.24. The Bertz CT molecular complexity index is 514. The van der Waals surface area contributed by atoms with Crippen LogP contribution < -0.4 is 5.32 Å². The lowest BCUT2D eigenvalue weighted by molar-refractivity contribution is -0.105. The van der Waals surface area contributed by atoms with Gasteiger partial charge in [-0.2, -0.15) is 0 Å². The van der Waals surface area contributed by atoms with Crippen molar-refractivity contribution in [1.82, 2.24) is 5.32 Å². The number of aryl methyl sites for hydroxylation is 2. The van der Waals surface area contributed by atoms with Crippen LogP contribution in [-0.2, 0) is 17.6 Å². The lowest BCUT2D eigenvalue weighted by Crippen LogP contribution is -2.24. The molecule has 4 heteroatoms. The van der Waals surface area contributed by atoms with E-state index in [4.69, 9.17) is 0 Å². The van der Waals surface area contributed by atoms with E-state index in [1.807, 2.05) is 13.8 Å². The SMILES string of the molecule is CC/C=C(\C=O)NC(=O)c1c(C)sc2c1CCC2. The Morgan fingerprint density at radius 2 is 2.22 bits per heavy atom. The van der Waals surface area contributed by atoms with E-state index in [1.54, 1.807) is 17.4 Å². The van der Waals surface area contributed by atoms with Crippen molar-refractivity contribution in [2.75, 3.05) is 0 Å². The molecular formula is C14H17NO2S. The van der Waals surface area contributed by atoms with Gasteiger partial charge in [0.05, 0.1) is 11.3 Å². The molecular weight excluding hydrogens is 246 g/mol. The number of carbonyl (C=O) groups is 2. The molecule has 1 N–H and O–H groups in total. The zero-order valence-electron chi connectivity index (χ0n) is 10.7. The molecule has 1 amide bonds. The normalized spacial score (nSPS) is 14.4. The zero-order chi connectivity index (χ0) is 13.1. The molecule has 1 aromatic rings. The number of nitrogens with one attached hydrogen (secondary N) is 1. The first-order chi connectivity index (χ1) is 8.67. The highest BCUT2D eigenvalue weighted by Crippen LogP contribution is 2.34. The number of rotatable bonds is 4. The second kappa shape index (κ2) is 5.48. The second-order valence-electron chi connectivity index (χ2n) is 4.43. The third kappa shape index (κ3) is 2.38. The average Bonchev–Trinajstić information content (AvgIpc) is 2.87. The van der Waals surface area contributed by atoms with Crippen molar-refractivity contribution in [2.24, 2.45) is 0 Å². The van der Waals surface area contributed by atoms with Gasteiger partial charge in [0.25, 0.3) is 5.91 Å². The fourth-order valence-corrected chi connectivity index (χ4v) is 3.64. The molecule has 3 nitrogen and oxygen atoms in total. The van der Waals surface area contributed by atoms with Crippen molar-refractivity contribution >= 4 is 23.5 Å². The van der Waals surface area contributed by atoms with E-state index in [-0.39, 0.29) is 5.91 Å². The van der Waals surface area contributed by atoms with Gasteiger partial charge in [-0.25, -0.2) is 0 Å². The summed E-state index contributed by atoms with van der Waals surface area (Å²) in [5.41, 5.74) is 2.34. The first-order valence-electron chi connectivity index (χ1n) is 6.25. The fraction of sp³-hybridized carbons (Fsp3) is 0.429. The van der Waals surface area contributed by atoms with Crippen molar-refractivity contribution < 1.29 is 9.59 Å². The maximum absolute atomic E-state index is 12.2. The zero-order valence-corrected chi connectivity index (χ0v) is 11.5. The summed E-state index contributed by atoms with van der Waals surface area (Å²) >= 11 is 1.71. The maximum atomic E-state index is 12.2. The predicted octanol–water partition coefficient (Wildman–Crippen LogP) is 2.77. The van der Waals surface area contributed by atoms with Gasteiger partial charge in [0.1, 0.15) is 0 Å². The Hall–Kier alpha value is -1.42. The number of amides is 1. The molecule has 0 aromatic carbocycles. The Morgan fingerprint density at radius 3 is 2.89 bits per heavy atom. The van der Waals surface area contributed by atoms with E-state index in [9.17, 15) is 9.59 Å². The average molecular weight is 263 g/mol. The Labute approximate surface area is 111 Å². The van der Waals surface area contributed by atoms with Gasteiger partial charge in [0.2, 0.25) is 0 Å². The molecule has 1 heterocycles. The van der Waals surface area contributed by atoms with Gasteiger partial charge in [-0.15, -0.1) is 11.3 Å². The summed E-state index contributed by atoms with van der Waals surface area (Å²) in [6, 6.07) is 0. The summed E-state index contributed by atoms with van der Waals surface area (Å²) in [5.74, 6) is -0.140. The molecule has 0 saturated carbocycles. The molecule has 1 aliphatic rings. The van der Waals surface area contributed by atoms with Crippen molar-refractivity contribution in [1.29, 1.82) is 0 Å². The molecule has 0 radical (unpaired) electrons. The summed E-state index contributed by atoms with van der Waals surface area (Å²) in [6.07, 6.45) is 6.36. The standard InChI is InChI=1S/C14H17NO2S/c1-3-5-10(8-16)15-14(17)13-9(2)18-12-7-4-6-11(12)13/h5,8H,3-4,6-7H2,1-2H3,(H,15,17)/b10-5+. The van der Waals surface area contributed by atoms with Gasteiger partial charge >= 0.3 is 0 Å². The van der Waals surface area contributed by atoms with Crippen molar-refractivity contribution in [3.63, 3.8) is 0 Å². The number of carbonyl (C=O) groups excluding carboxylic acids is 2. The first-order valence-corrected chi connectivity index (χ1v) is 7.06. The van der Waals surface area contributed by atoms with Crippen LogP contribution in [0.2, 0.25) is 0 Å². The van der Waals surface area contributed by atoms with E-state index >= 15 is 0 Å². The van der Waals surface area contributed by atoms with Gasteiger partial charge in [-0.3, -0.25) is 9.59 Å². The lowest BCUT2D eigenvalue weighted by Gasteiger charge is -2.06. The van der Waals surface area contributed by atoms with E-state index in [0.29, 0.717) is 12.0 Å². The minimum Gasteiger partial charge on any atom is -0.319 e. The molecule has 96 valence electrons. The lowest BCUT2D eigenvalue weighted by atomic mass is 10.1. The van der Waals surface area contributed by atoms with Gasteiger partial charge in [-0.05, 0) is 38.2 Å². The summed E-state index contributed by atoms with van der Waals surface area (Å²) < 4.78 is 0. The highest BCUT2D eigenvalue weighted by atomic mass is 32.1. The largest absolute Gasteiger partial charge is 0.319 e. The number of fused-ring (bicyclic) bond motifs is 1. The number of aldehydes is 1. The van der Waals surface area contributed by atoms with E-state index in [0.717, 1.165) is 36.1 Å². The van der Waals surface area contributed by atoms with Crippen LogP contribution in [-0.4, -0.2) is 12.2 Å². The van der Waals surface area contributed by atoms with Crippen molar-refractivity contribution in [3.8, 4) is 0 Å². The van der Waals surface area contributed by atoms with Crippen LogP contribution in [0.3, 0.4) is 0 Å². The second-order valence-corrected chi connectivity index (χ2v) is 5.74. The summed E-state index contributed by atoms with van der Waals surface area (Å²) in [7, 11) is 0.